The van der Waals surface area contributed by atoms with Crippen molar-refractivity contribution in [1.29, 1.82) is 0 Å². The molecule has 2 aromatic heterocycles. The standard InChI is InChI=1S/C24H28F2N6O/c1-14-23(29-15-11-16(12-15)32(9-6-25)10-7-26)31-22-17(3-2-4-20(22)28-14)21-13-18-19(30-21)5-8-27-24(18)33/h2-4,13,15-16,30H,5-12H2,1H3,(H,27,33)(H,29,31)/t15-,16-. The van der Waals surface area contributed by atoms with Crippen LogP contribution in [0.1, 0.15) is 34.6 Å². The summed E-state index contributed by atoms with van der Waals surface area (Å²) < 4.78 is 25.6. The highest BCUT2D eigenvalue weighted by Crippen LogP contribution is 2.32. The number of nitrogens with one attached hydrogen (secondary N) is 3. The van der Waals surface area contributed by atoms with Gasteiger partial charge >= 0.3 is 0 Å². The second-order valence-corrected chi connectivity index (χ2v) is 8.79. The van der Waals surface area contributed by atoms with E-state index in [1.165, 1.54) is 0 Å². The van der Waals surface area contributed by atoms with Gasteiger partial charge in [-0.05, 0) is 31.9 Å². The summed E-state index contributed by atoms with van der Waals surface area (Å²) in [5.74, 6) is 0.660. The van der Waals surface area contributed by atoms with Gasteiger partial charge in [-0.15, -0.1) is 0 Å². The number of para-hydroxylation sites is 1. The third-order valence-electron chi connectivity index (χ3n) is 6.68. The van der Waals surface area contributed by atoms with E-state index in [9.17, 15) is 13.6 Å². The largest absolute Gasteiger partial charge is 0.366 e. The van der Waals surface area contributed by atoms with E-state index in [1.807, 2.05) is 36.1 Å². The van der Waals surface area contributed by atoms with Crippen molar-refractivity contribution in [3.63, 3.8) is 0 Å². The second kappa shape index (κ2) is 9.05. The summed E-state index contributed by atoms with van der Waals surface area (Å²) in [6.45, 7) is 2.18. The van der Waals surface area contributed by atoms with Crippen molar-refractivity contribution in [3.8, 4) is 11.3 Å². The van der Waals surface area contributed by atoms with E-state index in [0.717, 1.165) is 58.8 Å². The van der Waals surface area contributed by atoms with Crippen LogP contribution >= 0.6 is 0 Å². The molecule has 9 heteroatoms. The number of carbonyl (C=O) groups excluding carboxylic acids is 1. The van der Waals surface area contributed by atoms with Gasteiger partial charge in [-0.2, -0.15) is 0 Å². The first kappa shape index (κ1) is 21.8. The zero-order chi connectivity index (χ0) is 22.9. The molecule has 0 unspecified atom stereocenters. The fourth-order valence-electron chi connectivity index (χ4n) is 4.85. The molecular weight excluding hydrogens is 426 g/mol. The Labute approximate surface area is 191 Å². The van der Waals surface area contributed by atoms with Crippen LogP contribution in [0.4, 0.5) is 14.6 Å². The zero-order valence-corrected chi connectivity index (χ0v) is 18.6. The highest BCUT2D eigenvalue weighted by atomic mass is 19.1. The van der Waals surface area contributed by atoms with Crippen LogP contribution in [0.5, 0.6) is 0 Å². The highest BCUT2D eigenvalue weighted by Gasteiger charge is 2.34. The van der Waals surface area contributed by atoms with Crippen molar-refractivity contribution in [3.05, 3.63) is 41.2 Å². The topological polar surface area (TPSA) is 85.9 Å². The molecular formula is C24H28F2N6O. The first-order valence-electron chi connectivity index (χ1n) is 11.5. The number of aromatic amines is 1. The quantitative estimate of drug-likeness (QED) is 0.486. The van der Waals surface area contributed by atoms with Gasteiger partial charge < -0.3 is 15.6 Å². The van der Waals surface area contributed by atoms with Crippen LogP contribution in [-0.4, -0.2) is 70.8 Å². The lowest BCUT2D eigenvalue weighted by molar-refractivity contribution is 0.0946. The zero-order valence-electron chi connectivity index (χ0n) is 18.6. The lowest BCUT2D eigenvalue weighted by atomic mass is 9.85. The highest BCUT2D eigenvalue weighted by molar-refractivity contribution is 5.99. The summed E-state index contributed by atoms with van der Waals surface area (Å²) in [6, 6.07) is 8.12. The number of hydrogen-bond acceptors (Lipinski definition) is 5. The molecule has 1 aliphatic heterocycles. The summed E-state index contributed by atoms with van der Waals surface area (Å²) in [6.07, 6.45) is 2.41. The fourth-order valence-corrected chi connectivity index (χ4v) is 4.85. The monoisotopic (exact) mass is 454 g/mol. The van der Waals surface area contributed by atoms with Gasteiger partial charge in [0.25, 0.3) is 5.91 Å². The number of rotatable bonds is 8. The Balaban J connectivity index is 1.39. The molecule has 0 saturated heterocycles. The van der Waals surface area contributed by atoms with Gasteiger partial charge in [-0.3, -0.25) is 9.69 Å². The van der Waals surface area contributed by atoms with Crippen LogP contribution < -0.4 is 10.6 Å². The van der Waals surface area contributed by atoms with Crippen LogP contribution in [0.15, 0.2) is 24.3 Å². The third-order valence-corrected chi connectivity index (χ3v) is 6.68. The Morgan fingerprint density at radius 3 is 2.67 bits per heavy atom. The molecule has 1 fully saturated rings. The second-order valence-electron chi connectivity index (χ2n) is 8.79. The van der Waals surface area contributed by atoms with Gasteiger partial charge in [0.1, 0.15) is 24.7 Å². The number of aromatic nitrogens is 3. The number of H-pyrrole nitrogens is 1. The molecule has 7 nitrogen and oxygen atoms in total. The fraction of sp³-hybridized carbons (Fsp3) is 0.458. The maximum absolute atomic E-state index is 12.8. The van der Waals surface area contributed by atoms with Crippen LogP contribution in [0.25, 0.3) is 22.3 Å². The molecule has 0 radical (unpaired) electrons. The molecule has 174 valence electrons. The summed E-state index contributed by atoms with van der Waals surface area (Å²) in [7, 11) is 0. The summed E-state index contributed by atoms with van der Waals surface area (Å²) >= 11 is 0. The van der Waals surface area contributed by atoms with Crippen molar-refractivity contribution in [1.82, 2.24) is 25.2 Å². The molecule has 2 aliphatic rings. The molecule has 1 aliphatic carbocycles. The number of anilines is 1. The van der Waals surface area contributed by atoms with E-state index >= 15 is 0 Å². The average Bonchev–Trinajstić information content (AvgIpc) is 3.21. The maximum Gasteiger partial charge on any atom is 0.253 e. The van der Waals surface area contributed by atoms with E-state index in [-0.39, 0.29) is 31.1 Å². The number of hydrogen-bond donors (Lipinski definition) is 3. The maximum atomic E-state index is 12.8. The molecule has 33 heavy (non-hydrogen) atoms. The minimum Gasteiger partial charge on any atom is -0.366 e. The van der Waals surface area contributed by atoms with Crippen molar-refractivity contribution in [2.24, 2.45) is 0 Å². The number of nitrogens with zero attached hydrogens (tertiary/aromatic N) is 3. The third kappa shape index (κ3) is 4.17. The Morgan fingerprint density at radius 1 is 1.15 bits per heavy atom. The molecule has 3 heterocycles. The smallest absolute Gasteiger partial charge is 0.253 e. The number of fused-ring (bicyclic) bond motifs is 2. The van der Waals surface area contributed by atoms with Gasteiger partial charge in [0.05, 0.1) is 16.8 Å². The van der Waals surface area contributed by atoms with Gasteiger partial charge in [0.15, 0.2) is 0 Å². The Bertz CT molecular complexity index is 1170. The van der Waals surface area contributed by atoms with Gasteiger partial charge in [0.2, 0.25) is 0 Å². The van der Waals surface area contributed by atoms with Crippen LogP contribution in [0, 0.1) is 6.92 Å². The number of amides is 1. The summed E-state index contributed by atoms with van der Waals surface area (Å²) in [4.78, 5) is 27.1. The predicted molar refractivity (Wildman–Crippen MR) is 124 cm³/mol. The SMILES string of the molecule is Cc1nc2cccc(-c3cc4c([nH]3)CCNC4=O)c2nc1N[C@H]1C[C@H](N(CCF)CCF)C1. The predicted octanol–water partition coefficient (Wildman–Crippen LogP) is 3.40. The van der Waals surface area contributed by atoms with Crippen LogP contribution in [-0.2, 0) is 6.42 Å². The Morgan fingerprint density at radius 2 is 1.94 bits per heavy atom. The molecule has 1 saturated carbocycles. The Kier molecular flexibility index (Phi) is 5.97. The lowest BCUT2D eigenvalue weighted by Crippen LogP contribution is -2.51. The normalized spacial score (nSPS) is 19.9. The molecule has 3 N–H and O–H groups in total. The van der Waals surface area contributed by atoms with Crippen LogP contribution in [0.3, 0.4) is 0 Å². The molecule has 3 aromatic rings. The van der Waals surface area contributed by atoms with E-state index in [4.69, 9.17) is 9.97 Å². The van der Waals surface area contributed by atoms with Crippen molar-refractivity contribution in [2.45, 2.75) is 38.3 Å². The lowest BCUT2D eigenvalue weighted by Gasteiger charge is -2.43. The molecule has 5 rings (SSSR count). The van der Waals surface area contributed by atoms with Crippen LogP contribution in [0.2, 0.25) is 0 Å². The van der Waals surface area contributed by atoms with Gasteiger partial charge in [0, 0.05) is 55.1 Å². The minimum atomic E-state index is -0.462. The van der Waals surface area contributed by atoms with Crippen molar-refractivity contribution < 1.29 is 13.6 Å². The van der Waals surface area contributed by atoms with Gasteiger partial charge in [-0.25, -0.2) is 18.7 Å². The summed E-state index contributed by atoms with van der Waals surface area (Å²) in [5.41, 5.74) is 5.72. The molecule has 0 spiro atoms. The summed E-state index contributed by atoms with van der Waals surface area (Å²) in [5, 5.41) is 6.36. The van der Waals surface area contributed by atoms with Gasteiger partial charge in [-0.1, -0.05) is 12.1 Å². The first-order chi connectivity index (χ1) is 16.1. The van der Waals surface area contributed by atoms with E-state index in [0.29, 0.717) is 12.1 Å². The van der Waals surface area contributed by atoms with Crippen molar-refractivity contribution >= 4 is 22.8 Å². The van der Waals surface area contributed by atoms with E-state index < -0.39 is 13.3 Å². The molecule has 0 bridgehead atoms. The Hall–Kier alpha value is -3.07. The molecule has 1 amide bonds. The number of alkyl halides is 2. The first-order valence-corrected chi connectivity index (χ1v) is 11.5. The molecule has 1 aromatic carbocycles. The number of benzene rings is 1. The molecule has 0 atom stereocenters. The number of aryl methyl sites for hydroxylation is 1. The van der Waals surface area contributed by atoms with E-state index in [2.05, 4.69) is 15.6 Å². The van der Waals surface area contributed by atoms with E-state index in [1.54, 1.807) is 0 Å². The average molecular weight is 455 g/mol. The number of halogens is 2. The minimum absolute atomic E-state index is 0.0580. The van der Waals surface area contributed by atoms with Crippen molar-refractivity contribution in [2.75, 3.05) is 38.3 Å². The number of carbonyl (C=O) groups is 1.